The minimum atomic E-state index is -0.914. The van der Waals surface area contributed by atoms with E-state index in [0.29, 0.717) is 10.8 Å². The predicted molar refractivity (Wildman–Crippen MR) is 60.9 cm³/mol. The highest BCUT2D eigenvalue weighted by atomic mass is 32.2. The zero-order valence-corrected chi connectivity index (χ0v) is 9.80. The number of thioether (sulfide) groups is 1. The molecule has 0 heterocycles. The number of carbonyl (C=O) groups is 1. The molecule has 1 aromatic carbocycles. The maximum absolute atomic E-state index is 10.8. The van der Waals surface area contributed by atoms with Gasteiger partial charge in [0, 0.05) is 5.25 Å². The van der Waals surface area contributed by atoms with Crippen molar-refractivity contribution in [2.75, 3.05) is 7.11 Å². The number of methoxy groups -OCH3 is 1. The van der Waals surface area contributed by atoms with Crippen LogP contribution in [0.4, 0.5) is 0 Å². The summed E-state index contributed by atoms with van der Waals surface area (Å²) in [6.07, 6.45) is 0. The molecule has 1 rings (SSSR count). The Kier molecular flexibility index (Phi) is 4.03. The molecule has 0 spiro atoms. The Hall–Kier alpha value is -1.16. The van der Waals surface area contributed by atoms with Crippen LogP contribution in [-0.4, -0.2) is 23.4 Å². The summed E-state index contributed by atoms with van der Waals surface area (Å²) in [5, 5.41) is 9.25. The molecule has 1 N–H and O–H groups in total. The summed E-state index contributed by atoms with van der Waals surface area (Å²) in [5.41, 5.74) is 0.291. The van der Waals surface area contributed by atoms with Crippen molar-refractivity contribution in [3.8, 4) is 5.75 Å². The molecule has 0 unspecified atom stereocenters. The summed E-state index contributed by atoms with van der Waals surface area (Å²) >= 11 is 1.59. The summed E-state index contributed by atoms with van der Waals surface area (Å²) < 4.78 is 5.17. The molecule has 0 saturated carbocycles. The van der Waals surface area contributed by atoms with Gasteiger partial charge in [0.05, 0.1) is 17.6 Å². The average molecular weight is 226 g/mol. The van der Waals surface area contributed by atoms with E-state index in [9.17, 15) is 4.79 Å². The first-order valence-electron chi connectivity index (χ1n) is 4.62. The van der Waals surface area contributed by atoms with Crippen molar-refractivity contribution in [3.63, 3.8) is 0 Å². The fourth-order valence-corrected chi connectivity index (χ4v) is 2.13. The zero-order valence-electron chi connectivity index (χ0n) is 8.98. The summed E-state index contributed by atoms with van der Waals surface area (Å²) in [4.78, 5) is 11.7. The molecule has 0 aliphatic carbocycles. The SMILES string of the molecule is COc1ccc(C(=O)O)cc1SC(C)C. The second-order valence-electron chi connectivity index (χ2n) is 3.34. The number of benzene rings is 1. The molecule has 0 bridgehead atoms. The lowest BCUT2D eigenvalue weighted by Gasteiger charge is -2.10. The molecule has 15 heavy (non-hydrogen) atoms. The van der Waals surface area contributed by atoms with Crippen LogP contribution in [0.15, 0.2) is 23.1 Å². The number of carboxylic acids is 1. The number of hydrogen-bond acceptors (Lipinski definition) is 3. The number of rotatable bonds is 4. The first-order valence-corrected chi connectivity index (χ1v) is 5.50. The van der Waals surface area contributed by atoms with Crippen LogP contribution in [0.25, 0.3) is 0 Å². The van der Waals surface area contributed by atoms with Gasteiger partial charge in [-0.2, -0.15) is 0 Å². The molecule has 82 valence electrons. The van der Waals surface area contributed by atoms with Crippen molar-refractivity contribution >= 4 is 17.7 Å². The molecule has 0 aliphatic heterocycles. The van der Waals surface area contributed by atoms with Crippen LogP contribution in [0.2, 0.25) is 0 Å². The molecule has 0 amide bonds. The molecule has 0 saturated heterocycles. The van der Waals surface area contributed by atoms with Crippen LogP contribution >= 0.6 is 11.8 Å². The minimum absolute atomic E-state index is 0.291. The standard InChI is InChI=1S/C11H14O3S/c1-7(2)15-10-6-8(11(12)13)4-5-9(10)14-3/h4-7H,1-3H3,(H,12,13). The Balaban J connectivity index is 3.07. The van der Waals surface area contributed by atoms with Crippen LogP contribution < -0.4 is 4.74 Å². The zero-order chi connectivity index (χ0) is 11.4. The lowest BCUT2D eigenvalue weighted by atomic mass is 10.2. The highest BCUT2D eigenvalue weighted by Crippen LogP contribution is 2.32. The van der Waals surface area contributed by atoms with Gasteiger partial charge in [-0.15, -0.1) is 11.8 Å². The Morgan fingerprint density at radius 3 is 2.60 bits per heavy atom. The van der Waals surface area contributed by atoms with E-state index in [4.69, 9.17) is 9.84 Å². The van der Waals surface area contributed by atoms with Crippen LogP contribution in [0.3, 0.4) is 0 Å². The van der Waals surface area contributed by atoms with Gasteiger partial charge in [0.1, 0.15) is 5.75 Å². The van der Waals surface area contributed by atoms with Crippen molar-refractivity contribution in [3.05, 3.63) is 23.8 Å². The van der Waals surface area contributed by atoms with Crippen LogP contribution in [0.1, 0.15) is 24.2 Å². The summed E-state index contributed by atoms with van der Waals surface area (Å²) in [5.74, 6) is -0.193. The van der Waals surface area contributed by atoms with Gasteiger partial charge < -0.3 is 9.84 Å². The van der Waals surface area contributed by atoms with Gasteiger partial charge in [0.25, 0.3) is 0 Å². The molecule has 1 aromatic rings. The van der Waals surface area contributed by atoms with Gasteiger partial charge in [-0.05, 0) is 18.2 Å². The van der Waals surface area contributed by atoms with Crippen LogP contribution in [0, 0.1) is 0 Å². The molecule has 0 atom stereocenters. The minimum Gasteiger partial charge on any atom is -0.496 e. The number of hydrogen-bond donors (Lipinski definition) is 1. The van der Waals surface area contributed by atoms with E-state index in [0.717, 1.165) is 10.6 Å². The average Bonchev–Trinajstić information content (AvgIpc) is 2.16. The third kappa shape index (κ3) is 3.16. The monoisotopic (exact) mass is 226 g/mol. The molecule has 0 radical (unpaired) electrons. The smallest absolute Gasteiger partial charge is 0.335 e. The molecule has 4 heteroatoms. The Bertz CT molecular complexity index is 361. The van der Waals surface area contributed by atoms with Crippen molar-refractivity contribution in [1.82, 2.24) is 0 Å². The van der Waals surface area contributed by atoms with Gasteiger partial charge in [0.15, 0.2) is 0 Å². The molecule has 0 aliphatic rings. The predicted octanol–water partition coefficient (Wildman–Crippen LogP) is 2.89. The molecule has 0 aromatic heterocycles. The number of carboxylic acid groups (broad SMARTS) is 1. The Morgan fingerprint density at radius 2 is 2.13 bits per heavy atom. The Labute approximate surface area is 93.4 Å². The first-order chi connectivity index (χ1) is 7.04. The largest absolute Gasteiger partial charge is 0.496 e. The second-order valence-corrected chi connectivity index (χ2v) is 4.96. The molecule has 3 nitrogen and oxygen atoms in total. The number of ether oxygens (including phenoxy) is 1. The molecule has 0 fully saturated rings. The maximum Gasteiger partial charge on any atom is 0.335 e. The van der Waals surface area contributed by atoms with E-state index in [1.165, 1.54) is 0 Å². The van der Waals surface area contributed by atoms with Gasteiger partial charge in [-0.1, -0.05) is 13.8 Å². The van der Waals surface area contributed by atoms with Crippen LogP contribution in [0.5, 0.6) is 5.75 Å². The number of aromatic carboxylic acids is 1. The molecular formula is C11H14O3S. The lowest BCUT2D eigenvalue weighted by Crippen LogP contribution is -1.98. The maximum atomic E-state index is 10.8. The van der Waals surface area contributed by atoms with E-state index in [2.05, 4.69) is 13.8 Å². The van der Waals surface area contributed by atoms with E-state index in [1.807, 2.05) is 0 Å². The highest BCUT2D eigenvalue weighted by molar-refractivity contribution is 8.00. The third-order valence-electron chi connectivity index (χ3n) is 1.77. The third-order valence-corrected chi connectivity index (χ3v) is 2.82. The quantitative estimate of drug-likeness (QED) is 0.802. The van der Waals surface area contributed by atoms with Gasteiger partial charge in [0.2, 0.25) is 0 Å². The topological polar surface area (TPSA) is 46.5 Å². The van der Waals surface area contributed by atoms with Crippen molar-refractivity contribution in [2.45, 2.75) is 24.0 Å². The van der Waals surface area contributed by atoms with Gasteiger partial charge >= 0.3 is 5.97 Å². The lowest BCUT2D eigenvalue weighted by molar-refractivity contribution is 0.0696. The summed E-state index contributed by atoms with van der Waals surface area (Å²) in [6.45, 7) is 4.11. The van der Waals surface area contributed by atoms with E-state index in [1.54, 1.807) is 37.1 Å². The van der Waals surface area contributed by atoms with E-state index >= 15 is 0 Å². The van der Waals surface area contributed by atoms with E-state index < -0.39 is 5.97 Å². The van der Waals surface area contributed by atoms with Gasteiger partial charge in [-0.3, -0.25) is 0 Å². The normalized spacial score (nSPS) is 10.4. The fraction of sp³-hybridized carbons (Fsp3) is 0.364. The van der Waals surface area contributed by atoms with Crippen molar-refractivity contribution < 1.29 is 14.6 Å². The van der Waals surface area contributed by atoms with Crippen LogP contribution in [-0.2, 0) is 0 Å². The van der Waals surface area contributed by atoms with Crippen molar-refractivity contribution in [2.24, 2.45) is 0 Å². The highest BCUT2D eigenvalue weighted by Gasteiger charge is 2.10. The fourth-order valence-electron chi connectivity index (χ4n) is 1.16. The van der Waals surface area contributed by atoms with E-state index in [-0.39, 0.29) is 0 Å². The summed E-state index contributed by atoms with van der Waals surface area (Å²) in [6, 6.07) is 4.88. The summed E-state index contributed by atoms with van der Waals surface area (Å²) in [7, 11) is 1.58. The van der Waals surface area contributed by atoms with Crippen molar-refractivity contribution in [1.29, 1.82) is 0 Å². The van der Waals surface area contributed by atoms with Gasteiger partial charge in [-0.25, -0.2) is 4.79 Å². The second kappa shape index (κ2) is 5.07. The molecular weight excluding hydrogens is 212 g/mol. The Morgan fingerprint density at radius 1 is 1.47 bits per heavy atom. The first kappa shape index (κ1) is 11.9.